The average Bonchev–Trinajstić information content (AvgIpc) is 3.25. The van der Waals surface area contributed by atoms with E-state index in [1.165, 1.54) is 6.42 Å². The fourth-order valence-corrected chi connectivity index (χ4v) is 2.77. The number of aryl methyl sites for hydroxylation is 1. The highest BCUT2D eigenvalue weighted by molar-refractivity contribution is 5.96. The van der Waals surface area contributed by atoms with Crippen molar-refractivity contribution in [1.29, 1.82) is 0 Å². The first kappa shape index (κ1) is 16.4. The summed E-state index contributed by atoms with van der Waals surface area (Å²) in [6.45, 7) is 4.67. The SMILES string of the molecule is Cc1nc(COc2ccccc2C(=O)NCCC2CCNC2)no1. The van der Waals surface area contributed by atoms with Crippen molar-refractivity contribution < 1.29 is 14.1 Å². The van der Waals surface area contributed by atoms with Crippen LogP contribution in [0.25, 0.3) is 0 Å². The molecule has 0 spiro atoms. The molecule has 128 valence electrons. The van der Waals surface area contributed by atoms with Gasteiger partial charge in [0.25, 0.3) is 5.91 Å². The summed E-state index contributed by atoms with van der Waals surface area (Å²) in [5.74, 6) is 1.98. The Bertz CT molecular complexity index is 680. The van der Waals surface area contributed by atoms with Gasteiger partial charge in [0.05, 0.1) is 5.56 Å². The van der Waals surface area contributed by atoms with Crippen molar-refractivity contribution in [3.63, 3.8) is 0 Å². The Kier molecular flexibility index (Phi) is 5.43. The molecule has 0 bridgehead atoms. The van der Waals surface area contributed by atoms with E-state index in [4.69, 9.17) is 9.26 Å². The van der Waals surface area contributed by atoms with Crippen LogP contribution in [0.15, 0.2) is 28.8 Å². The normalized spacial score (nSPS) is 17.0. The Labute approximate surface area is 140 Å². The van der Waals surface area contributed by atoms with E-state index in [-0.39, 0.29) is 12.5 Å². The zero-order valence-electron chi connectivity index (χ0n) is 13.7. The van der Waals surface area contributed by atoms with Crippen molar-refractivity contribution in [2.24, 2.45) is 5.92 Å². The Morgan fingerprint density at radius 3 is 3.08 bits per heavy atom. The Morgan fingerprint density at radius 1 is 1.46 bits per heavy atom. The molecule has 1 aromatic heterocycles. The standard InChI is InChI=1S/C17H22N4O3/c1-12-20-16(21-24-12)11-23-15-5-3-2-4-14(15)17(22)19-9-7-13-6-8-18-10-13/h2-5,13,18H,6-11H2,1H3,(H,19,22). The summed E-state index contributed by atoms with van der Waals surface area (Å²) >= 11 is 0. The second kappa shape index (κ2) is 7.92. The highest BCUT2D eigenvalue weighted by Crippen LogP contribution is 2.19. The molecule has 0 radical (unpaired) electrons. The minimum Gasteiger partial charge on any atom is -0.485 e. The predicted octanol–water partition coefficient (Wildman–Crippen LogP) is 1.69. The van der Waals surface area contributed by atoms with Crippen molar-refractivity contribution in [2.45, 2.75) is 26.4 Å². The largest absolute Gasteiger partial charge is 0.485 e. The number of rotatable bonds is 7. The van der Waals surface area contributed by atoms with Crippen LogP contribution in [0, 0.1) is 12.8 Å². The van der Waals surface area contributed by atoms with Crippen LogP contribution in [-0.4, -0.2) is 35.7 Å². The number of carbonyl (C=O) groups excluding carboxylic acids is 1. The highest BCUT2D eigenvalue weighted by atomic mass is 16.5. The van der Waals surface area contributed by atoms with Crippen molar-refractivity contribution in [1.82, 2.24) is 20.8 Å². The zero-order chi connectivity index (χ0) is 16.8. The lowest BCUT2D eigenvalue weighted by atomic mass is 10.1. The van der Waals surface area contributed by atoms with Crippen molar-refractivity contribution in [3.8, 4) is 5.75 Å². The predicted molar refractivity (Wildman–Crippen MR) is 87.7 cm³/mol. The van der Waals surface area contributed by atoms with E-state index in [1.807, 2.05) is 12.1 Å². The van der Waals surface area contributed by atoms with Gasteiger partial charge in [-0.15, -0.1) is 0 Å². The molecule has 7 heteroatoms. The van der Waals surface area contributed by atoms with Gasteiger partial charge in [0, 0.05) is 13.5 Å². The van der Waals surface area contributed by atoms with E-state index in [1.54, 1.807) is 19.1 Å². The van der Waals surface area contributed by atoms with Crippen LogP contribution in [0.2, 0.25) is 0 Å². The van der Waals surface area contributed by atoms with Gasteiger partial charge in [0.15, 0.2) is 6.61 Å². The zero-order valence-corrected chi connectivity index (χ0v) is 13.7. The molecule has 24 heavy (non-hydrogen) atoms. The number of para-hydroxylation sites is 1. The monoisotopic (exact) mass is 330 g/mol. The molecular weight excluding hydrogens is 308 g/mol. The Hall–Kier alpha value is -2.41. The lowest BCUT2D eigenvalue weighted by Crippen LogP contribution is -2.26. The number of carbonyl (C=O) groups is 1. The first-order valence-corrected chi connectivity index (χ1v) is 8.22. The first-order valence-electron chi connectivity index (χ1n) is 8.22. The van der Waals surface area contributed by atoms with Gasteiger partial charge in [-0.05, 0) is 44.0 Å². The van der Waals surface area contributed by atoms with E-state index in [0.717, 1.165) is 19.5 Å². The molecule has 1 aliphatic rings. The minimum absolute atomic E-state index is 0.124. The third-order valence-electron chi connectivity index (χ3n) is 4.06. The molecule has 0 saturated carbocycles. The first-order chi connectivity index (χ1) is 11.7. The van der Waals surface area contributed by atoms with E-state index >= 15 is 0 Å². The summed E-state index contributed by atoms with van der Waals surface area (Å²) in [4.78, 5) is 16.5. The molecule has 0 aliphatic carbocycles. The van der Waals surface area contributed by atoms with Gasteiger partial charge >= 0.3 is 0 Å². The molecule has 1 fully saturated rings. The molecule has 1 saturated heterocycles. The van der Waals surface area contributed by atoms with Crippen LogP contribution in [-0.2, 0) is 6.61 Å². The molecule has 1 amide bonds. The number of hydrogen-bond donors (Lipinski definition) is 2. The van der Waals surface area contributed by atoms with E-state index < -0.39 is 0 Å². The van der Waals surface area contributed by atoms with Gasteiger partial charge < -0.3 is 19.9 Å². The fraction of sp³-hybridized carbons (Fsp3) is 0.471. The molecule has 1 aliphatic heterocycles. The molecule has 2 aromatic rings. The summed E-state index contributed by atoms with van der Waals surface area (Å²) in [6.07, 6.45) is 2.17. The van der Waals surface area contributed by atoms with E-state index in [9.17, 15) is 4.79 Å². The summed E-state index contributed by atoms with van der Waals surface area (Å²) in [5, 5.41) is 10.1. The van der Waals surface area contributed by atoms with Crippen LogP contribution >= 0.6 is 0 Å². The number of nitrogens with zero attached hydrogens (tertiary/aromatic N) is 2. The summed E-state index contributed by atoms with van der Waals surface area (Å²) in [6, 6.07) is 7.17. The second-order valence-corrected chi connectivity index (χ2v) is 5.92. The van der Waals surface area contributed by atoms with Crippen molar-refractivity contribution in [3.05, 3.63) is 41.5 Å². The maximum absolute atomic E-state index is 12.4. The summed E-state index contributed by atoms with van der Waals surface area (Å²) < 4.78 is 10.6. The quantitative estimate of drug-likeness (QED) is 0.803. The highest BCUT2D eigenvalue weighted by Gasteiger charge is 2.16. The summed E-state index contributed by atoms with van der Waals surface area (Å²) in [7, 11) is 0. The molecule has 2 N–H and O–H groups in total. The molecular formula is C17H22N4O3. The third-order valence-corrected chi connectivity index (χ3v) is 4.06. The van der Waals surface area contributed by atoms with E-state index in [0.29, 0.717) is 35.5 Å². The number of hydrogen-bond acceptors (Lipinski definition) is 6. The number of ether oxygens (including phenoxy) is 1. The molecule has 1 unspecified atom stereocenters. The molecule has 3 rings (SSSR count). The number of aromatic nitrogens is 2. The van der Waals surface area contributed by atoms with Gasteiger partial charge in [-0.3, -0.25) is 4.79 Å². The van der Waals surface area contributed by atoms with Crippen molar-refractivity contribution >= 4 is 5.91 Å². The maximum Gasteiger partial charge on any atom is 0.255 e. The minimum atomic E-state index is -0.124. The maximum atomic E-state index is 12.4. The fourth-order valence-electron chi connectivity index (χ4n) is 2.77. The van der Waals surface area contributed by atoms with Gasteiger partial charge in [0.1, 0.15) is 5.75 Å². The van der Waals surface area contributed by atoms with E-state index in [2.05, 4.69) is 20.8 Å². The van der Waals surface area contributed by atoms with Crippen LogP contribution in [0.1, 0.15) is 34.9 Å². The molecule has 2 heterocycles. The van der Waals surface area contributed by atoms with Gasteiger partial charge in [-0.2, -0.15) is 4.98 Å². The second-order valence-electron chi connectivity index (χ2n) is 5.92. The number of benzene rings is 1. The lowest BCUT2D eigenvalue weighted by Gasteiger charge is -2.12. The van der Waals surface area contributed by atoms with Gasteiger partial charge in [-0.25, -0.2) is 0 Å². The van der Waals surface area contributed by atoms with Crippen LogP contribution in [0.3, 0.4) is 0 Å². The van der Waals surface area contributed by atoms with Crippen LogP contribution in [0.4, 0.5) is 0 Å². The van der Waals surface area contributed by atoms with Crippen LogP contribution in [0.5, 0.6) is 5.75 Å². The summed E-state index contributed by atoms with van der Waals surface area (Å²) in [5.41, 5.74) is 0.516. The lowest BCUT2D eigenvalue weighted by molar-refractivity contribution is 0.0947. The van der Waals surface area contributed by atoms with Crippen molar-refractivity contribution in [2.75, 3.05) is 19.6 Å². The Balaban J connectivity index is 1.54. The topological polar surface area (TPSA) is 89.3 Å². The van der Waals surface area contributed by atoms with Gasteiger partial charge in [-0.1, -0.05) is 17.3 Å². The molecule has 1 atom stereocenters. The molecule has 1 aromatic carbocycles. The Morgan fingerprint density at radius 2 is 2.33 bits per heavy atom. The average molecular weight is 330 g/mol. The third kappa shape index (κ3) is 4.32. The molecule has 7 nitrogen and oxygen atoms in total. The van der Waals surface area contributed by atoms with Gasteiger partial charge in [0.2, 0.25) is 11.7 Å². The number of amides is 1. The van der Waals surface area contributed by atoms with Crippen LogP contribution < -0.4 is 15.4 Å². The number of nitrogens with one attached hydrogen (secondary N) is 2. The smallest absolute Gasteiger partial charge is 0.255 e.